The molecule has 0 aliphatic heterocycles. The molecule has 0 fully saturated rings. The zero-order valence-corrected chi connectivity index (χ0v) is 10.0. The third-order valence-electron chi connectivity index (χ3n) is 1.87. The molecule has 3 nitrogen and oxygen atoms in total. The number of carbonyl (C=O) groups is 1. The van der Waals surface area contributed by atoms with Crippen molar-refractivity contribution in [1.82, 2.24) is 0 Å². The maximum Gasteiger partial charge on any atom is 0.331 e. The van der Waals surface area contributed by atoms with Crippen LogP contribution in [0.4, 0.5) is 0 Å². The van der Waals surface area contributed by atoms with E-state index in [9.17, 15) is 4.79 Å². The van der Waals surface area contributed by atoms with Crippen LogP contribution >= 0.6 is 0 Å². The van der Waals surface area contributed by atoms with E-state index in [4.69, 9.17) is 10.4 Å². The fraction of sp³-hybridized carbons (Fsp3) is 0.0667. The van der Waals surface area contributed by atoms with Crippen LogP contribution in [0.1, 0.15) is 12.0 Å². The Labute approximate surface area is 107 Å². The third-order valence-corrected chi connectivity index (χ3v) is 1.87. The van der Waals surface area contributed by atoms with Crippen molar-refractivity contribution in [2.45, 2.75) is 6.42 Å². The summed E-state index contributed by atoms with van der Waals surface area (Å²) in [6.45, 7) is 6.55. The minimum atomic E-state index is -0.942. The third kappa shape index (κ3) is 7.66. The lowest BCUT2D eigenvalue weighted by molar-refractivity contribution is -0.132. The molecule has 0 saturated heterocycles. The standard InChI is InChI=1S/C12H12O2.C3H3N/c1-10(12(13)14)6-5-9-11-7-3-2-4-8-11;1-2-3-4/h2-5,7-9H,1,6H2,(H,13,14);2H,1H2. The number of aliphatic carboxylic acids is 1. The molecule has 0 unspecified atom stereocenters. The number of carboxylic acids is 1. The number of allylic oxidation sites excluding steroid dienone is 2. The molecule has 1 N–H and O–H groups in total. The van der Waals surface area contributed by atoms with Crippen molar-refractivity contribution >= 4 is 12.0 Å². The molecule has 0 amide bonds. The maximum atomic E-state index is 10.4. The highest BCUT2D eigenvalue weighted by Crippen LogP contribution is 2.05. The van der Waals surface area contributed by atoms with Crippen molar-refractivity contribution in [3.05, 3.63) is 66.8 Å². The molecule has 3 heteroatoms. The Hall–Kier alpha value is -2.60. The number of carboxylic acid groups (broad SMARTS) is 1. The molecule has 92 valence electrons. The summed E-state index contributed by atoms with van der Waals surface area (Å²) >= 11 is 0. The Morgan fingerprint density at radius 1 is 1.39 bits per heavy atom. The van der Waals surface area contributed by atoms with Crippen LogP contribution in [0.5, 0.6) is 0 Å². The van der Waals surface area contributed by atoms with Gasteiger partial charge in [-0.2, -0.15) is 5.26 Å². The summed E-state index contributed by atoms with van der Waals surface area (Å²) in [6, 6.07) is 11.4. The molecular formula is C15H15NO2. The largest absolute Gasteiger partial charge is 0.478 e. The first-order chi connectivity index (χ1) is 8.61. The number of nitrogens with zero attached hydrogens (tertiary/aromatic N) is 1. The van der Waals surface area contributed by atoms with Crippen LogP contribution in [0.15, 0.2) is 61.2 Å². The van der Waals surface area contributed by atoms with E-state index >= 15 is 0 Å². The molecule has 0 atom stereocenters. The van der Waals surface area contributed by atoms with Gasteiger partial charge in [0, 0.05) is 11.6 Å². The lowest BCUT2D eigenvalue weighted by atomic mass is 10.1. The average Bonchev–Trinajstić information content (AvgIpc) is 2.40. The van der Waals surface area contributed by atoms with E-state index in [0.29, 0.717) is 6.42 Å². The number of nitriles is 1. The van der Waals surface area contributed by atoms with E-state index in [2.05, 4.69) is 13.2 Å². The number of hydrogen-bond acceptors (Lipinski definition) is 2. The van der Waals surface area contributed by atoms with Crippen LogP contribution in [0.3, 0.4) is 0 Å². The van der Waals surface area contributed by atoms with Crippen LogP contribution in [-0.4, -0.2) is 11.1 Å². The zero-order chi connectivity index (χ0) is 13.8. The van der Waals surface area contributed by atoms with Gasteiger partial charge in [-0.1, -0.05) is 55.6 Å². The molecule has 0 bridgehead atoms. The van der Waals surface area contributed by atoms with E-state index in [0.717, 1.165) is 5.56 Å². The molecule has 1 aromatic rings. The highest BCUT2D eigenvalue weighted by atomic mass is 16.4. The van der Waals surface area contributed by atoms with Crippen molar-refractivity contribution in [2.24, 2.45) is 0 Å². The molecule has 1 rings (SSSR count). The first kappa shape index (κ1) is 15.4. The van der Waals surface area contributed by atoms with Gasteiger partial charge >= 0.3 is 5.97 Å². The monoisotopic (exact) mass is 241 g/mol. The average molecular weight is 241 g/mol. The molecular weight excluding hydrogens is 226 g/mol. The highest BCUT2D eigenvalue weighted by molar-refractivity contribution is 5.86. The summed E-state index contributed by atoms with van der Waals surface area (Å²) in [5.74, 6) is -0.942. The molecule has 0 saturated carbocycles. The van der Waals surface area contributed by atoms with E-state index in [1.807, 2.05) is 36.4 Å². The number of rotatable bonds is 4. The van der Waals surface area contributed by atoms with Crippen LogP contribution in [0.25, 0.3) is 6.08 Å². The van der Waals surface area contributed by atoms with Gasteiger partial charge in [0.05, 0.1) is 6.07 Å². The van der Waals surface area contributed by atoms with Crippen LogP contribution in [-0.2, 0) is 4.79 Å². The van der Waals surface area contributed by atoms with Gasteiger partial charge < -0.3 is 5.11 Å². The summed E-state index contributed by atoms with van der Waals surface area (Å²) in [5, 5.41) is 16.1. The van der Waals surface area contributed by atoms with Crippen LogP contribution in [0.2, 0.25) is 0 Å². The molecule has 0 spiro atoms. The van der Waals surface area contributed by atoms with E-state index in [-0.39, 0.29) is 5.57 Å². The Morgan fingerprint density at radius 2 is 1.94 bits per heavy atom. The maximum absolute atomic E-state index is 10.4. The van der Waals surface area contributed by atoms with Gasteiger partial charge in [0.1, 0.15) is 0 Å². The Bertz CT molecular complexity index is 467. The summed E-state index contributed by atoms with van der Waals surface area (Å²) < 4.78 is 0. The summed E-state index contributed by atoms with van der Waals surface area (Å²) in [6.07, 6.45) is 5.24. The summed E-state index contributed by atoms with van der Waals surface area (Å²) in [5.41, 5.74) is 1.27. The molecule has 0 radical (unpaired) electrons. The fourth-order valence-corrected chi connectivity index (χ4v) is 0.989. The topological polar surface area (TPSA) is 61.1 Å². The summed E-state index contributed by atoms with van der Waals surface area (Å²) in [7, 11) is 0. The number of benzene rings is 1. The Morgan fingerprint density at radius 3 is 2.39 bits per heavy atom. The van der Waals surface area contributed by atoms with Gasteiger partial charge in [-0.05, 0) is 12.0 Å². The zero-order valence-electron chi connectivity index (χ0n) is 10.0. The first-order valence-corrected chi connectivity index (χ1v) is 5.25. The van der Waals surface area contributed by atoms with Gasteiger partial charge in [-0.3, -0.25) is 0 Å². The SMILES string of the molecule is C=C(CC=Cc1ccccc1)C(=O)O.C=CC#N. The van der Waals surface area contributed by atoms with E-state index in [1.165, 1.54) is 6.08 Å². The molecule has 0 aromatic heterocycles. The second-order valence-corrected chi connectivity index (χ2v) is 3.26. The van der Waals surface area contributed by atoms with Gasteiger partial charge in [0.25, 0.3) is 0 Å². The van der Waals surface area contributed by atoms with Crippen LogP contribution in [0, 0.1) is 11.3 Å². The van der Waals surface area contributed by atoms with Crippen LogP contribution < -0.4 is 0 Å². The second-order valence-electron chi connectivity index (χ2n) is 3.26. The van der Waals surface area contributed by atoms with Gasteiger partial charge in [0.15, 0.2) is 0 Å². The lowest BCUT2D eigenvalue weighted by Gasteiger charge is -1.93. The minimum absolute atomic E-state index is 0.206. The predicted octanol–water partition coefficient (Wildman–Crippen LogP) is 3.43. The fourth-order valence-electron chi connectivity index (χ4n) is 0.989. The molecule has 1 aromatic carbocycles. The quantitative estimate of drug-likeness (QED) is 0.649. The molecule has 0 aliphatic carbocycles. The Kier molecular flexibility index (Phi) is 8.22. The minimum Gasteiger partial charge on any atom is -0.478 e. The molecule has 18 heavy (non-hydrogen) atoms. The summed E-state index contributed by atoms with van der Waals surface area (Å²) in [4.78, 5) is 10.4. The first-order valence-electron chi connectivity index (χ1n) is 5.25. The van der Waals surface area contributed by atoms with E-state index < -0.39 is 5.97 Å². The van der Waals surface area contributed by atoms with Crippen molar-refractivity contribution in [3.8, 4) is 6.07 Å². The van der Waals surface area contributed by atoms with Gasteiger partial charge in [-0.15, -0.1) is 0 Å². The van der Waals surface area contributed by atoms with Crippen molar-refractivity contribution in [1.29, 1.82) is 5.26 Å². The second kappa shape index (κ2) is 9.61. The number of hydrogen-bond donors (Lipinski definition) is 1. The smallest absolute Gasteiger partial charge is 0.331 e. The predicted molar refractivity (Wildman–Crippen MR) is 72.7 cm³/mol. The Balaban J connectivity index is 0.000000631. The van der Waals surface area contributed by atoms with Crippen molar-refractivity contribution < 1.29 is 9.90 Å². The normalized spacial score (nSPS) is 8.83. The van der Waals surface area contributed by atoms with Gasteiger partial charge in [-0.25, -0.2) is 4.79 Å². The molecule has 0 heterocycles. The van der Waals surface area contributed by atoms with Gasteiger partial charge in [0.2, 0.25) is 0 Å². The van der Waals surface area contributed by atoms with E-state index in [1.54, 1.807) is 12.1 Å². The highest BCUT2D eigenvalue weighted by Gasteiger charge is 1.99. The lowest BCUT2D eigenvalue weighted by Crippen LogP contribution is -1.96. The molecule has 0 aliphatic rings. The van der Waals surface area contributed by atoms with Crippen molar-refractivity contribution in [2.75, 3.05) is 0 Å². The van der Waals surface area contributed by atoms with Crippen molar-refractivity contribution in [3.63, 3.8) is 0 Å².